The van der Waals surface area contributed by atoms with Crippen LogP contribution in [0, 0.1) is 12.8 Å². The Balaban J connectivity index is 1.97. The zero-order chi connectivity index (χ0) is 10.7. The molecule has 15 heavy (non-hydrogen) atoms. The molecular formula is C11H14N3O. The minimum Gasteiger partial charge on any atom is -0.355 e. The zero-order valence-electron chi connectivity index (χ0n) is 8.59. The van der Waals surface area contributed by atoms with Crippen LogP contribution in [-0.4, -0.2) is 28.8 Å². The molecule has 1 saturated heterocycles. The van der Waals surface area contributed by atoms with Crippen LogP contribution in [-0.2, 0) is 4.79 Å². The van der Waals surface area contributed by atoms with E-state index in [2.05, 4.69) is 21.8 Å². The SMILES string of the molecule is [CH2]C(=O)C1CCN(c2cnccn2)CC1. The minimum absolute atomic E-state index is 0.0637. The van der Waals surface area contributed by atoms with Gasteiger partial charge in [0.1, 0.15) is 11.6 Å². The van der Waals surface area contributed by atoms with Crippen molar-refractivity contribution in [2.24, 2.45) is 5.92 Å². The fourth-order valence-electron chi connectivity index (χ4n) is 1.89. The van der Waals surface area contributed by atoms with E-state index in [1.54, 1.807) is 18.6 Å². The largest absolute Gasteiger partial charge is 0.355 e. The second-order valence-corrected chi connectivity index (χ2v) is 3.79. The smallest absolute Gasteiger partial charge is 0.147 e. The summed E-state index contributed by atoms with van der Waals surface area (Å²) in [5, 5.41) is 0. The minimum atomic E-state index is 0.0637. The van der Waals surface area contributed by atoms with Crippen LogP contribution >= 0.6 is 0 Å². The van der Waals surface area contributed by atoms with E-state index in [0.29, 0.717) is 0 Å². The second kappa shape index (κ2) is 4.38. The van der Waals surface area contributed by atoms with Gasteiger partial charge >= 0.3 is 0 Å². The van der Waals surface area contributed by atoms with E-state index in [1.807, 2.05) is 0 Å². The van der Waals surface area contributed by atoms with Crippen molar-refractivity contribution in [3.8, 4) is 0 Å². The van der Waals surface area contributed by atoms with Crippen LogP contribution < -0.4 is 4.90 Å². The molecule has 79 valence electrons. The Morgan fingerprint density at radius 1 is 1.40 bits per heavy atom. The first-order chi connectivity index (χ1) is 7.27. The van der Waals surface area contributed by atoms with Gasteiger partial charge in [0.25, 0.3) is 0 Å². The van der Waals surface area contributed by atoms with Crippen LogP contribution in [0.15, 0.2) is 18.6 Å². The number of anilines is 1. The number of rotatable bonds is 2. The average Bonchev–Trinajstić information content (AvgIpc) is 2.30. The van der Waals surface area contributed by atoms with Crippen LogP contribution in [0.25, 0.3) is 0 Å². The molecule has 4 nitrogen and oxygen atoms in total. The predicted molar refractivity (Wildman–Crippen MR) is 57.3 cm³/mol. The second-order valence-electron chi connectivity index (χ2n) is 3.79. The first-order valence-corrected chi connectivity index (χ1v) is 5.14. The number of ketones is 1. The Morgan fingerprint density at radius 3 is 2.67 bits per heavy atom. The van der Waals surface area contributed by atoms with Gasteiger partial charge in [-0.3, -0.25) is 9.78 Å². The van der Waals surface area contributed by atoms with Gasteiger partial charge in [-0.05, 0) is 12.8 Å². The third-order valence-corrected chi connectivity index (χ3v) is 2.82. The fraction of sp³-hybridized carbons (Fsp3) is 0.455. The molecule has 0 amide bonds. The molecule has 0 unspecified atom stereocenters. The van der Waals surface area contributed by atoms with Crippen molar-refractivity contribution in [3.05, 3.63) is 25.5 Å². The molecule has 0 aromatic carbocycles. The number of piperidine rings is 1. The van der Waals surface area contributed by atoms with Crippen LogP contribution in [0.1, 0.15) is 12.8 Å². The van der Waals surface area contributed by atoms with E-state index in [-0.39, 0.29) is 11.7 Å². The van der Waals surface area contributed by atoms with Gasteiger partial charge in [0.2, 0.25) is 0 Å². The maximum atomic E-state index is 11.1. The number of nitrogens with zero attached hydrogens (tertiary/aromatic N) is 3. The molecule has 0 bridgehead atoms. The van der Waals surface area contributed by atoms with Gasteiger partial charge < -0.3 is 4.90 Å². The van der Waals surface area contributed by atoms with E-state index in [1.165, 1.54) is 0 Å². The Labute approximate surface area is 89.3 Å². The summed E-state index contributed by atoms with van der Waals surface area (Å²) < 4.78 is 0. The summed E-state index contributed by atoms with van der Waals surface area (Å²) in [6.45, 7) is 5.21. The number of aromatic nitrogens is 2. The maximum absolute atomic E-state index is 11.1. The number of Topliss-reactive ketones (excluding diaryl/α,β-unsaturated/α-hetero) is 1. The van der Waals surface area contributed by atoms with Crippen LogP contribution in [0.5, 0.6) is 0 Å². The molecule has 0 saturated carbocycles. The lowest BCUT2D eigenvalue weighted by atomic mass is 9.93. The predicted octanol–water partition coefficient (Wildman–Crippen LogP) is 1.10. The normalized spacial score (nSPS) is 17.8. The van der Waals surface area contributed by atoms with Crippen LogP contribution in [0.4, 0.5) is 5.82 Å². The number of carbonyl (C=O) groups excluding carboxylic acids is 1. The quantitative estimate of drug-likeness (QED) is 0.723. The van der Waals surface area contributed by atoms with Crippen molar-refractivity contribution < 1.29 is 4.79 Å². The lowest BCUT2D eigenvalue weighted by Gasteiger charge is -2.31. The highest BCUT2D eigenvalue weighted by molar-refractivity contribution is 5.85. The summed E-state index contributed by atoms with van der Waals surface area (Å²) in [4.78, 5) is 21.5. The van der Waals surface area contributed by atoms with Gasteiger partial charge in [0, 0.05) is 38.3 Å². The highest BCUT2D eigenvalue weighted by Crippen LogP contribution is 2.21. The lowest BCUT2D eigenvalue weighted by molar-refractivity contribution is -0.119. The third kappa shape index (κ3) is 2.32. The highest BCUT2D eigenvalue weighted by atomic mass is 16.1. The van der Waals surface area contributed by atoms with E-state index in [4.69, 9.17) is 0 Å². The van der Waals surface area contributed by atoms with Gasteiger partial charge in [0.15, 0.2) is 0 Å². The molecule has 1 aliphatic heterocycles. The molecular weight excluding hydrogens is 190 g/mol. The third-order valence-electron chi connectivity index (χ3n) is 2.82. The Morgan fingerprint density at radius 2 is 2.13 bits per heavy atom. The molecule has 0 aliphatic carbocycles. The Kier molecular flexibility index (Phi) is 2.94. The molecule has 0 spiro atoms. The molecule has 4 heteroatoms. The van der Waals surface area contributed by atoms with Gasteiger partial charge in [-0.1, -0.05) is 0 Å². The van der Waals surface area contributed by atoms with Crippen molar-refractivity contribution in [3.63, 3.8) is 0 Å². The summed E-state index contributed by atoms with van der Waals surface area (Å²) in [5.74, 6) is 1.10. The fourth-order valence-corrected chi connectivity index (χ4v) is 1.89. The van der Waals surface area contributed by atoms with Crippen LogP contribution in [0.2, 0.25) is 0 Å². The molecule has 0 atom stereocenters. The topological polar surface area (TPSA) is 46.1 Å². The van der Waals surface area contributed by atoms with Crippen LogP contribution in [0.3, 0.4) is 0 Å². The summed E-state index contributed by atoms with van der Waals surface area (Å²) in [6.07, 6.45) is 6.86. The van der Waals surface area contributed by atoms with Crippen molar-refractivity contribution in [2.75, 3.05) is 18.0 Å². The molecule has 2 heterocycles. The van der Waals surface area contributed by atoms with Gasteiger partial charge in [0.05, 0.1) is 6.20 Å². The molecule has 1 aliphatic rings. The molecule has 1 aromatic heterocycles. The molecule has 0 N–H and O–H groups in total. The van der Waals surface area contributed by atoms with Crippen molar-refractivity contribution in [1.29, 1.82) is 0 Å². The average molecular weight is 204 g/mol. The van der Waals surface area contributed by atoms with E-state index in [0.717, 1.165) is 31.7 Å². The molecule has 1 radical (unpaired) electrons. The van der Waals surface area contributed by atoms with Gasteiger partial charge in [-0.15, -0.1) is 0 Å². The van der Waals surface area contributed by atoms with Gasteiger partial charge in [-0.25, -0.2) is 4.98 Å². The van der Waals surface area contributed by atoms with Crippen molar-refractivity contribution in [1.82, 2.24) is 9.97 Å². The summed E-state index contributed by atoms with van der Waals surface area (Å²) >= 11 is 0. The number of hydrogen-bond donors (Lipinski definition) is 0. The maximum Gasteiger partial charge on any atom is 0.147 e. The summed E-state index contributed by atoms with van der Waals surface area (Å²) in [7, 11) is 0. The number of hydrogen-bond acceptors (Lipinski definition) is 4. The molecule has 1 fully saturated rings. The monoisotopic (exact) mass is 204 g/mol. The summed E-state index contributed by atoms with van der Waals surface area (Å²) in [6, 6.07) is 0. The lowest BCUT2D eigenvalue weighted by Crippen LogP contribution is -2.36. The first-order valence-electron chi connectivity index (χ1n) is 5.14. The Hall–Kier alpha value is -1.45. The van der Waals surface area contributed by atoms with Crippen molar-refractivity contribution >= 4 is 11.6 Å². The Bertz CT molecular complexity index is 331. The standard InChI is InChI=1S/C11H14N3O/c1-9(15)10-2-6-14(7-3-10)11-8-12-4-5-13-11/h4-5,8,10H,1-3,6-7H2. The zero-order valence-corrected chi connectivity index (χ0v) is 8.59. The summed E-state index contributed by atoms with van der Waals surface area (Å²) in [5.41, 5.74) is 0. The molecule has 1 aromatic rings. The first kappa shape index (κ1) is 10.1. The van der Waals surface area contributed by atoms with E-state index >= 15 is 0 Å². The molecule has 2 rings (SSSR count). The van der Waals surface area contributed by atoms with Crippen molar-refractivity contribution in [2.45, 2.75) is 12.8 Å². The van der Waals surface area contributed by atoms with E-state index < -0.39 is 0 Å². The van der Waals surface area contributed by atoms with E-state index in [9.17, 15) is 4.79 Å². The number of carbonyl (C=O) groups is 1. The van der Waals surface area contributed by atoms with Gasteiger partial charge in [-0.2, -0.15) is 0 Å². The highest BCUT2D eigenvalue weighted by Gasteiger charge is 2.22.